The van der Waals surface area contributed by atoms with Gasteiger partial charge in [0.15, 0.2) is 0 Å². The van der Waals surface area contributed by atoms with E-state index in [-0.39, 0.29) is 6.54 Å². The van der Waals surface area contributed by atoms with Crippen LogP contribution in [-0.4, -0.2) is 48.2 Å². The van der Waals surface area contributed by atoms with Crippen LogP contribution < -0.4 is 10.2 Å². The lowest BCUT2D eigenvalue weighted by Gasteiger charge is -2.28. The third kappa shape index (κ3) is 3.79. The van der Waals surface area contributed by atoms with E-state index in [0.29, 0.717) is 5.69 Å². The average molecular weight is 278 g/mol. The Balaban J connectivity index is 3.05. The molecule has 0 bridgehead atoms. The van der Waals surface area contributed by atoms with Crippen molar-refractivity contribution in [2.24, 2.45) is 0 Å². The number of aliphatic hydroxyl groups excluding tert-OH is 1. The predicted molar refractivity (Wildman–Crippen MR) is 72.9 cm³/mol. The van der Waals surface area contributed by atoms with Crippen LogP contribution in [0, 0.1) is 0 Å². The number of imide groups is 1. The van der Waals surface area contributed by atoms with Crippen molar-refractivity contribution in [2.45, 2.75) is 13.2 Å². The number of carbonyl (C=O) groups is 2. The lowest BCUT2D eigenvalue weighted by Crippen LogP contribution is -2.51. The number of carbonyl (C=O) groups excluding carboxylic acids is 3. The number of rotatable bonds is 4. The Morgan fingerprint density at radius 2 is 1.95 bits per heavy atom. The van der Waals surface area contributed by atoms with Crippen LogP contribution in [-0.2, 0) is 4.79 Å². The van der Waals surface area contributed by atoms with Crippen LogP contribution in [0.25, 0.3) is 0 Å². The monoisotopic (exact) mass is 278 g/mol. The summed E-state index contributed by atoms with van der Waals surface area (Å²) in [7, 11) is 1.36. The van der Waals surface area contributed by atoms with E-state index in [1.165, 1.54) is 20.3 Å². The first-order chi connectivity index (χ1) is 9.49. The number of nitrogens with zero attached hydrogens (tertiary/aromatic N) is 2. The Bertz CT molecular complexity index is 476. The summed E-state index contributed by atoms with van der Waals surface area (Å²) in [5, 5.41) is 11.7. The number of aliphatic hydroxyl groups is 1. The first-order valence-corrected chi connectivity index (χ1v) is 5.92. The number of hydrogen-bond donors (Lipinski definition) is 2. The third-order valence-corrected chi connectivity index (χ3v) is 2.58. The smallest absolute Gasteiger partial charge is 0.334 e. The van der Waals surface area contributed by atoms with Gasteiger partial charge in [-0.2, -0.15) is 0 Å². The molecule has 0 saturated heterocycles. The molecule has 1 radical (unpaired) electrons. The van der Waals surface area contributed by atoms with Gasteiger partial charge in [0, 0.05) is 7.05 Å². The molecule has 7 nitrogen and oxygen atoms in total. The quantitative estimate of drug-likeness (QED) is 0.793. The van der Waals surface area contributed by atoms with Gasteiger partial charge in [0.1, 0.15) is 6.23 Å². The van der Waals surface area contributed by atoms with E-state index in [2.05, 4.69) is 5.32 Å². The van der Waals surface area contributed by atoms with Gasteiger partial charge in [-0.15, -0.1) is 0 Å². The summed E-state index contributed by atoms with van der Waals surface area (Å²) in [6.07, 6.45) is 0.457. The first-order valence-electron chi connectivity index (χ1n) is 5.92. The highest BCUT2D eigenvalue weighted by Crippen LogP contribution is 2.16. The fourth-order valence-corrected chi connectivity index (χ4v) is 1.40. The van der Waals surface area contributed by atoms with Crippen molar-refractivity contribution in [3.05, 3.63) is 30.3 Å². The van der Waals surface area contributed by atoms with Gasteiger partial charge >= 0.3 is 12.1 Å². The van der Waals surface area contributed by atoms with E-state index in [1.807, 2.05) is 0 Å². The van der Waals surface area contributed by atoms with Crippen molar-refractivity contribution in [3.63, 3.8) is 0 Å². The van der Waals surface area contributed by atoms with Crippen molar-refractivity contribution in [3.8, 4) is 0 Å². The van der Waals surface area contributed by atoms with Crippen LogP contribution in [0.3, 0.4) is 0 Å². The molecule has 2 N–H and O–H groups in total. The molecule has 20 heavy (non-hydrogen) atoms. The van der Waals surface area contributed by atoms with Gasteiger partial charge in [0.25, 0.3) is 0 Å². The summed E-state index contributed by atoms with van der Waals surface area (Å²) in [4.78, 5) is 36.2. The lowest BCUT2D eigenvalue weighted by atomic mass is 10.3. The van der Waals surface area contributed by atoms with Gasteiger partial charge in [-0.25, -0.2) is 14.5 Å². The largest absolute Gasteiger partial charge is 0.374 e. The van der Waals surface area contributed by atoms with Gasteiger partial charge in [-0.3, -0.25) is 4.79 Å². The Kier molecular flexibility index (Phi) is 5.67. The normalized spacial score (nSPS) is 11.3. The topological polar surface area (TPSA) is 89.9 Å². The average Bonchev–Trinajstić information content (AvgIpc) is 2.45. The molecule has 7 heteroatoms. The molecule has 107 valence electrons. The zero-order valence-corrected chi connectivity index (χ0v) is 11.2. The van der Waals surface area contributed by atoms with Crippen LogP contribution in [0.15, 0.2) is 30.3 Å². The second-order valence-electron chi connectivity index (χ2n) is 4.00. The zero-order valence-electron chi connectivity index (χ0n) is 11.2. The molecule has 0 aliphatic rings. The van der Waals surface area contributed by atoms with E-state index >= 15 is 0 Å². The minimum atomic E-state index is -1.06. The van der Waals surface area contributed by atoms with Crippen LogP contribution in [0.1, 0.15) is 6.92 Å². The van der Waals surface area contributed by atoms with E-state index in [0.717, 1.165) is 9.80 Å². The molecule has 0 aliphatic carbocycles. The maximum Gasteiger partial charge on any atom is 0.334 e. The number of para-hydroxylation sites is 1. The first kappa shape index (κ1) is 15.6. The molecule has 1 aromatic carbocycles. The van der Waals surface area contributed by atoms with Crippen LogP contribution in [0.4, 0.5) is 15.3 Å². The van der Waals surface area contributed by atoms with Crippen molar-refractivity contribution in [2.75, 3.05) is 18.5 Å². The SMILES string of the molecule is CC(O)N(C)C(=O)N(C(=O)NC[C]=O)c1ccccc1. The highest BCUT2D eigenvalue weighted by atomic mass is 16.3. The van der Waals surface area contributed by atoms with Crippen molar-refractivity contribution in [1.82, 2.24) is 10.2 Å². The van der Waals surface area contributed by atoms with Gasteiger partial charge in [0.2, 0.25) is 6.29 Å². The van der Waals surface area contributed by atoms with Gasteiger partial charge < -0.3 is 15.3 Å². The third-order valence-electron chi connectivity index (χ3n) is 2.58. The number of urea groups is 2. The van der Waals surface area contributed by atoms with Gasteiger partial charge in [-0.1, -0.05) is 18.2 Å². The maximum absolute atomic E-state index is 12.2. The summed E-state index contributed by atoms with van der Waals surface area (Å²) in [5.74, 6) is 0. The van der Waals surface area contributed by atoms with Gasteiger partial charge in [-0.05, 0) is 19.1 Å². The Hall–Kier alpha value is -2.41. The summed E-state index contributed by atoms with van der Waals surface area (Å²) >= 11 is 0. The molecule has 0 aromatic heterocycles. The second-order valence-corrected chi connectivity index (χ2v) is 4.00. The Morgan fingerprint density at radius 1 is 1.35 bits per heavy atom. The molecule has 1 aromatic rings. The highest BCUT2D eigenvalue weighted by Gasteiger charge is 2.27. The van der Waals surface area contributed by atoms with Crippen molar-refractivity contribution < 1.29 is 19.5 Å². The summed E-state index contributed by atoms with van der Waals surface area (Å²) in [6, 6.07) is 6.72. The van der Waals surface area contributed by atoms with E-state index in [1.54, 1.807) is 30.3 Å². The van der Waals surface area contributed by atoms with Crippen LogP contribution in [0.5, 0.6) is 0 Å². The molecular formula is C13H16N3O4. The molecule has 0 spiro atoms. The zero-order chi connectivity index (χ0) is 15.1. The molecule has 0 aliphatic heterocycles. The second kappa shape index (κ2) is 7.25. The molecule has 1 rings (SSSR count). The van der Waals surface area contributed by atoms with E-state index in [9.17, 15) is 19.5 Å². The number of amides is 4. The molecule has 0 heterocycles. The number of hydrogen-bond acceptors (Lipinski definition) is 4. The number of anilines is 1. The fourth-order valence-electron chi connectivity index (χ4n) is 1.40. The molecule has 1 atom stereocenters. The molecule has 0 saturated carbocycles. The van der Waals surface area contributed by atoms with E-state index in [4.69, 9.17) is 0 Å². The summed E-state index contributed by atoms with van der Waals surface area (Å²) in [5.41, 5.74) is 0.327. The summed E-state index contributed by atoms with van der Waals surface area (Å²) < 4.78 is 0. The summed E-state index contributed by atoms with van der Waals surface area (Å²) in [6.45, 7) is 1.08. The molecule has 0 fully saturated rings. The van der Waals surface area contributed by atoms with Crippen molar-refractivity contribution >= 4 is 24.0 Å². The van der Waals surface area contributed by atoms with Crippen LogP contribution in [0.2, 0.25) is 0 Å². The number of nitrogens with one attached hydrogen (secondary N) is 1. The number of benzene rings is 1. The van der Waals surface area contributed by atoms with Crippen LogP contribution >= 0.6 is 0 Å². The predicted octanol–water partition coefficient (Wildman–Crippen LogP) is 0.702. The van der Waals surface area contributed by atoms with Gasteiger partial charge in [0.05, 0.1) is 12.2 Å². The molecular weight excluding hydrogens is 262 g/mol. The highest BCUT2D eigenvalue weighted by molar-refractivity contribution is 6.13. The molecule has 1 unspecified atom stereocenters. The molecule has 4 amide bonds. The Labute approximate surface area is 116 Å². The fraction of sp³-hybridized carbons (Fsp3) is 0.308. The minimum absolute atomic E-state index is 0.326. The maximum atomic E-state index is 12.2. The Morgan fingerprint density at radius 3 is 2.45 bits per heavy atom. The minimum Gasteiger partial charge on any atom is -0.374 e. The van der Waals surface area contributed by atoms with E-state index < -0.39 is 18.3 Å². The standard InChI is InChI=1S/C13H16N3O4/c1-10(18)15(2)13(20)16(12(19)14-8-9-17)11-6-4-3-5-7-11/h3-7,10,18H,8H2,1-2H3,(H,14,19). The van der Waals surface area contributed by atoms with Crippen molar-refractivity contribution in [1.29, 1.82) is 0 Å². The lowest BCUT2D eigenvalue weighted by molar-refractivity contribution is 0.0652.